The molecule has 1 atom stereocenters. The monoisotopic (exact) mass is 233 g/mol. The first-order valence-corrected chi connectivity index (χ1v) is 5.95. The Balaban J connectivity index is 1.86. The lowest BCUT2D eigenvalue weighted by molar-refractivity contribution is 0.166. The highest BCUT2D eigenvalue weighted by atomic mass is 16.5. The van der Waals surface area contributed by atoms with Crippen molar-refractivity contribution >= 4 is 0 Å². The largest absolute Gasteiger partial charge is 0.388 e. The lowest BCUT2D eigenvalue weighted by Crippen LogP contribution is -1.99. The van der Waals surface area contributed by atoms with Gasteiger partial charge >= 0.3 is 0 Å². The normalized spacial score (nSPS) is 19.9. The topological polar surface area (TPSA) is 64.1 Å². The van der Waals surface area contributed by atoms with Crippen LogP contribution < -0.4 is 0 Å². The van der Waals surface area contributed by atoms with Gasteiger partial charge in [-0.2, -0.15) is 4.98 Å². The highest BCUT2D eigenvalue weighted by Gasteiger charge is 2.18. The van der Waals surface area contributed by atoms with Crippen LogP contribution in [0.25, 0.3) is 0 Å². The lowest BCUT2D eigenvalue weighted by Gasteiger charge is -2.05. The van der Waals surface area contributed by atoms with Gasteiger partial charge in [-0.1, -0.05) is 11.6 Å². The fourth-order valence-corrected chi connectivity index (χ4v) is 2.41. The van der Waals surface area contributed by atoms with Crippen LogP contribution in [0.15, 0.2) is 23.3 Å². The van der Waals surface area contributed by atoms with Crippen molar-refractivity contribution < 1.29 is 9.63 Å². The molecule has 1 aliphatic carbocycles. The molecule has 2 aromatic rings. The average Bonchev–Trinajstić information content (AvgIpc) is 2.92. The third-order valence-electron chi connectivity index (χ3n) is 3.26. The molecule has 0 fully saturated rings. The molecule has 0 radical (unpaired) electrons. The predicted molar refractivity (Wildman–Crippen MR) is 60.3 cm³/mol. The first-order valence-electron chi connectivity index (χ1n) is 5.95. The third kappa shape index (κ3) is 2.10. The molecular formula is C12H15N3O2. The molecule has 0 bridgehead atoms. The molecule has 1 unspecified atom stereocenters. The number of hydrogen-bond donors (Lipinski definition) is 1. The van der Waals surface area contributed by atoms with Crippen LogP contribution in [0.2, 0.25) is 0 Å². The molecule has 2 heterocycles. The van der Waals surface area contributed by atoms with Crippen LogP contribution >= 0.6 is 0 Å². The second-order valence-electron chi connectivity index (χ2n) is 4.52. The summed E-state index contributed by atoms with van der Waals surface area (Å²) in [6, 6.07) is 0. The smallest absolute Gasteiger partial charge is 0.213 e. The molecular weight excluding hydrogens is 218 g/mol. The Morgan fingerprint density at radius 1 is 1.41 bits per heavy atom. The van der Waals surface area contributed by atoms with Gasteiger partial charge in [-0.05, 0) is 24.8 Å². The number of aliphatic hydroxyl groups excluding tert-OH is 1. The maximum Gasteiger partial charge on any atom is 0.213 e. The zero-order valence-electron chi connectivity index (χ0n) is 9.54. The molecule has 90 valence electrons. The summed E-state index contributed by atoms with van der Waals surface area (Å²) in [5, 5.41) is 13.8. The SMILES string of the molecule is OC1CCCCc2cn(Cc3ncon3)cc21. The van der Waals surface area contributed by atoms with Crippen LogP contribution in [-0.4, -0.2) is 19.8 Å². The zero-order valence-corrected chi connectivity index (χ0v) is 9.54. The number of nitrogens with zero attached hydrogens (tertiary/aromatic N) is 3. The molecule has 0 aliphatic heterocycles. The lowest BCUT2D eigenvalue weighted by atomic mass is 10.1. The van der Waals surface area contributed by atoms with Crippen molar-refractivity contribution in [3.8, 4) is 0 Å². The van der Waals surface area contributed by atoms with Gasteiger partial charge in [0.2, 0.25) is 6.39 Å². The Bertz CT molecular complexity index is 490. The summed E-state index contributed by atoms with van der Waals surface area (Å²) in [4.78, 5) is 3.99. The summed E-state index contributed by atoms with van der Waals surface area (Å²) in [6.07, 6.45) is 9.25. The molecule has 2 aromatic heterocycles. The molecule has 0 saturated carbocycles. The number of aromatic nitrogens is 3. The summed E-state index contributed by atoms with van der Waals surface area (Å²) in [5.41, 5.74) is 2.31. The number of aliphatic hydroxyl groups is 1. The quantitative estimate of drug-likeness (QED) is 0.801. The minimum Gasteiger partial charge on any atom is -0.388 e. The summed E-state index contributed by atoms with van der Waals surface area (Å²) in [5.74, 6) is 0.657. The van der Waals surface area contributed by atoms with Crippen molar-refractivity contribution in [2.75, 3.05) is 0 Å². The summed E-state index contributed by atoms with van der Waals surface area (Å²) < 4.78 is 6.72. The molecule has 17 heavy (non-hydrogen) atoms. The van der Waals surface area contributed by atoms with Crippen molar-refractivity contribution in [2.24, 2.45) is 0 Å². The molecule has 1 N–H and O–H groups in total. The van der Waals surface area contributed by atoms with Crippen molar-refractivity contribution in [3.63, 3.8) is 0 Å². The second kappa shape index (κ2) is 4.33. The highest BCUT2D eigenvalue weighted by Crippen LogP contribution is 2.29. The van der Waals surface area contributed by atoms with Gasteiger partial charge in [0.25, 0.3) is 0 Å². The third-order valence-corrected chi connectivity index (χ3v) is 3.26. The van der Waals surface area contributed by atoms with Gasteiger partial charge in [-0.3, -0.25) is 0 Å². The van der Waals surface area contributed by atoms with Crippen molar-refractivity contribution in [1.82, 2.24) is 14.7 Å². The first-order chi connectivity index (χ1) is 8.33. The van der Waals surface area contributed by atoms with E-state index in [0.29, 0.717) is 12.4 Å². The van der Waals surface area contributed by atoms with Crippen LogP contribution in [-0.2, 0) is 13.0 Å². The Kier molecular flexibility index (Phi) is 2.68. The van der Waals surface area contributed by atoms with Crippen molar-refractivity contribution in [2.45, 2.75) is 38.3 Å². The maximum absolute atomic E-state index is 10.0. The molecule has 5 heteroatoms. The van der Waals surface area contributed by atoms with Crippen LogP contribution in [0.3, 0.4) is 0 Å². The summed E-state index contributed by atoms with van der Waals surface area (Å²) in [7, 11) is 0. The number of aryl methyl sites for hydroxylation is 1. The minimum absolute atomic E-state index is 0.320. The van der Waals surface area contributed by atoms with Gasteiger partial charge in [0.05, 0.1) is 12.6 Å². The predicted octanol–water partition coefficient (Wildman–Crippen LogP) is 1.68. The van der Waals surface area contributed by atoms with E-state index < -0.39 is 0 Å². The molecule has 0 amide bonds. The fraction of sp³-hybridized carbons (Fsp3) is 0.500. The van der Waals surface area contributed by atoms with Gasteiger partial charge in [0.1, 0.15) is 0 Å². The Morgan fingerprint density at radius 2 is 2.35 bits per heavy atom. The van der Waals surface area contributed by atoms with Gasteiger partial charge in [0, 0.05) is 18.0 Å². The Morgan fingerprint density at radius 3 is 3.18 bits per heavy atom. The molecule has 0 saturated heterocycles. The fourth-order valence-electron chi connectivity index (χ4n) is 2.41. The van der Waals surface area contributed by atoms with E-state index in [4.69, 9.17) is 4.52 Å². The standard InChI is InChI=1S/C12H15N3O2/c16-11-4-2-1-3-9-5-15(6-10(9)11)7-12-13-8-17-14-12/h5-6,8,11,16H,1-4,7H2. The van der Waals surface area contributed by atoms with Crippen LogP contribution in [0.5, 0.6) is 0 Å². The minimum atomic E-state index is -0.320. The molecule has 0 aromatic carbocycles. The van der Waals surface area contributed by atoms with E-state index in [-0.39, 0.29) is 6.10 Å². The van der Waals surface area contributed by atoms with E-state index in [0.717, 1.165) is 31.2 Å². The van der Waals surface area contributed by atoms with Crippen molar-refractivity contribution in [3.05, 3.63) is 35.7 Å². The van der Waals surface area contributed by atoms with E-state index in [9.17, 15) is 5.11 Å². The second-order valence-corrected chi connectivity index (χ2v) is 4.52. The average molecular weight is 233 g/mol. The van der Waals surface area contributed by atoms with E-state index in [1.165, 1.54) is 12.0 Å². The first kappa shape index (κ1) is 10.5. The van der Waals surface area contributed by atoms with E-state index in [2.05, 4.69) is 16.3 Å². The summed E-state index contributed by atoms with van der Waals surface area (Å²) in [6.45, 7) is 0.593. The van der Waals surface area contributed by atoms with Gasteiger partial charge in [0.15, 0.2) is 5.82 Å². The number of fused-ring (bicyclic) bond motifs is 1. The molecule has 1 aliphatic rings. The Labute approximate surface area is 99.1 Å². The van der Waals surface area contributed by atoms with E-state index in [1.54, 1.807) is 0 Å². The van der Waals surface area contributed by atoms with Crippen molar-refractivity contribution in [1.29, 1.82) is 0 Å². The summed E-state index contributed by atoms with van der Waals surface area (Å²) >= 11 is 0. The van der Waals surface area contributed by atoms with Crippen LogP contribution in [0.4, 0.5) is 0 Å². The number of hydrogen-bond acceptors (Lipinski definition) is 4. The van der Waals surface area contributed by atoms with Gasteiger partial charge in [-0.25, -0.2) is 0 Å². The van der Waals surface area contributed by atoms with E-state index in [1.807, 2.05) is 10.8 Å². The molecule has 3 rings (SSSR count). The zero-order chi connectivity index (χ0) is 11.7. The maximum atomic E-state index is 10.0. The highest BCUT2D eigenvalue weighted by molar-refractivity contribution is 5.28. The Hall–Kier alpha value is -1.62. The number of rotatable bonds is 2. The van der Waals surface area contributed by atoms with Crippen LogP contribution in [0, 0.1) is 0 Å². The van der Waals surface area contributed by atoms with Gasteiger partial charge in [-0.15, -0.1) is 0 Å². The van der Waals surface area contributed by atoms with E-state index >= 15 is 0 Å². The van der Waals surface area contributed by atoms with Crippen LogP contribution in [0.1, 0.15) is 42.3 Å². The molecule has 0 spiro atoms. The molecule has 5 nitrogen and oxygen atoms in total. The van der Waals surface area contributed by atoms with Gasteiger partial charge < -0.3 is 14.2 Å².